The van der Waals surface area contributed by atoms with Gasteiger partial charge in [0.25, 0.3) is 0 Å². The molecule has 5 nitrogen and oxygen atoms in total. The van der Waals surface area contributed by atoms with Crippen molar-refractivity contribution in [1.82, 2.24) is 4.98 Å². The molecule has 0 spiro atoms. The number of benzene rings is 2. The molecule has 3 rings (SSSR count). The highest BCUT2D eigenvalue weighted by Crippen LogP contribution is 2.19. The van der Waals surface area contributed by atoms with Gasteiger partial charge >= 0.3 is 5.97 Å². The highest BCUT2D eigenvalue weighted by atomic mass is 16.5. The van der Waals surface area contributed by atoms with E-state index in [0.29, 0.717) is 5.69 Å². The summed E-state index contributed by atoms with van der Waals surface area (Å²) in [6, 6.07) is 15.1. The van der Waals surface area contributed by atoms with Crippen molar-refractivity contribution in [2.45, 2.75) is 12.8 Å². The molecule has 5 heteroatoms. The van der Waals surface area contributed by atoms with Crippen LogP contribution in [-0.2, 0) is 27.2 Å². The van der Waals surface area contributed by atoms with Gasteiger partial charge in [-0.05, 0) is 29.3 Å². The number of methoxy groups -OCH3 is 1. The molecule has 0 aliphatic rings. The molecule has 1 heterocycles. The van der Waals surface area contributed by atoms with Gasteiger partial charge in [-0.1, -0.05) is 30.3 Å². The molecule has 1 amide bonds. The van der Waals surface area contributed by atoms with E-state index >= 15 is 0 Å². The molecule has 3 aromatic rings. The summed E-state index contributed by atoms with van der Waals surface area (Å²) in [4.78, 5) is 26.8. The van der Waals surface area contributed by atoms with E-state index in [-0.39, 0.29) is 24.7 Å². The number of hydrogen-bond donors (Lipinski definition) is 2. The molecule has 2 aromatic carbocycles. The lowest BCUT2D eigenvalue weighted by Crippen LogP contribution is -2.14. The number of aromatic nitrogens is 1. The fourth-order valence-corrected chi connectivity index (χ4v) is 2.65. The molecule has 0 bridgehead atoms. The van der Waals surface area contributed by atoms with E-state index in [1.54, 1.807) is 18.2 Å². The van der Waals surface area contributed by atoms with Gasteiger partial charge in [0.2, 0.25) is 5.91 Å². The standard InChI is InChI=1S/C19H18N2O3/c1-24-19(23)10-13-5-4-6-15(9-13)21-18(22)11-14-12-20-17-8-3-2-7-16(14)17/h2-9,12,20H,10-11H2,1H3,(H,21,22). The van der Waals surface area contributed by atoms with Crippen molar-refractivity contribution in [3.05, 3.63) is 65.9 Å². The number of carbonyl (C=O) groups is 2. The van der Waals surface area contributed by atoms with E-state index in [2.05, 4.69) is 15.0 Å². The zero-order chi connectivity index (χ0) is 16.9. The molecule has 0 saturated carbocycles. The molecule has 2 N–H and O–H groups in total. The molecule has 0 atom stereocenters. The Kier molecular flexibility index (Phi) is 4.61. The molecule has 0 radical (unpaired) electrons. The summed E-state index contributed by atoms with van der Waals surface area (Å²) in [5.41, 5.74) is 3.43. The molecular weight excluding hydrogens is 304 g/mol. The Morgan fingerprint density at radius 1 is 1.08 bits per heavy atom. The summed E-state index contributed by atoms with van der Waals surface area (Å²) >= 11 is 0. The summed E-state index contributed by atoms with van der Waals surface area (Å²) in [5, 5.41) is 3.92. The smallest absolute Gasteiger partial charge is 0.309 e. The van der Waals surface area contributed by atoms with Crippen LogP contribution in [0.4, 0.5) is 5.69 Å². The lowest BCUT2D eigenvalue weighted by Gasteiger charge is -2.07. The van der Waals surface area contributed by atoms with Crippen molar-refractivity contribution in [2.24, 2.45) is 0 Å². The monoisotopic (exact) mass is 322 g/mol. The number of hydrogen-bond acceptors (Lipinski definition) is 3. The predicted molar refractivity (Wildman–Crippen MR) is 92.8 cm³/mol. The number of esters is 1. The quantitative estimate of drug-likeness (QED) is 0.709. The average molecular weight is 322 g/mol. The van der Waals surface area contributed by atoms with Crippen LogP contribution in [0.1, 0.15) is 11.1 Å². The maximum atomic E-state index is 12.3. The van der Waals surface area contributed by atoms with Gasteiger partial charge in [-0.2, -0.15) is 0 Å². The van der Waals surface area contributed by atoms with Crippen LogP contribution >= 0.6 is 0 Å². The number of rotatable bonds is 5. The maximum absolute atomic E-state index is 12.3. The van der Waals surface area contributed by atoms with Gasteiger partial charge < -0.3 is 15.0 Å². The van der Waals surface area contributed by atoms with E-state index in [9.17, 15) is 9.59 Å². The summed E-state index contributed by atoms with van der Waals surface area (Å²) in [6.45, 7) is 0. The second-order valence-electron chi connectivity index (χ2n) is 5.54. The Morgan fingerprint density at radius 2 is 1.92 bits per heavy atom. The van der Waals surface area contributed by atoms with Crippen LogP contribution in [-0.4, -0.2) is 24.0 Å². The summed E-state index contributed by atoms with van der Waals surface area (Å²) < 4.78 is 4.66. The molecule has 24 heavy (non-hydrogen) atoms. The lowest BCUT2D eigenvalue weighted by atomic mass is 10.1. The fraction of sp³-hybridized carbons (Fsp3) is 0.158. The van der Waals surface area contributed by atoms with Gasteiger partial charge in [-0.15, -0.1) is 0 Å². The van der Waals surface area contributed by atoms with Crippen molar-refractivity contribution in [3.63, 3.8) is 0 Å². The normalized spacial score (nSPS) is 10.5. The van der Waals surface area contributed by atoms with Crippen molar-refractivity contribution < 1.29 is 14.3 Å². The first-order valence-corrected chi connectivity index (χ1v) is 7.66. The SMILES string of the molecule is COC(=O)Cc1cccc(NC(=O)Cc2c[nH]c3ccccc23)c1. The van der Waals surface area contributed by atoms with Crippen LogP contribution < -0.4 is 5.32 Å². The second kappa shape index (κ2) is 7.00. The Hall–Kier alpha value is -3.08. The van der Waals surface area contributed by atoms with E-state index < -0.39 is 0 Å². The van der Waals surface area contributed by atoms with Gasteiger partial charge in [0.15, 0.2) is 0 Å². The Labute approximate surface area is 139 Å². The van der Waals surface area contributed by atoms with E-state index in [0.717, 1.165) is 22.0 Å². The number of anilines is 1. The topological polar surface area (TPSA) is 71.2 Å². The van der Waals surface area contributed by atoms with Crippen LogP contribution in [0.15, 0.2) is 54.7 Å². The van der Waals surface area contributed by atoms with Gasteiger partial charge in [-0.3, -0.25) is 9.59 Å². The second-order valence-corrected chi connectivity index (χ2v) is 5.54. The summed E-state index contributed by atoms with van der Waals surface area (Å²) in [7, 11) is 1.36. The highest BCUT2D eigenvalue weighted by Gasteiger charge is 2.10. The number of para-hydroxylation sites is 1. The van der Waals surface area contributed by atoms with Gasteiger partial charge in [0, 0.05) is 22.8 Å². The molecular formula is C19H18N2O3. The number of aromatic amines is 1. The predicted octanol–water partition coefficient (Wildman–Crippen LogP) is 3.06. The number of carbonyl (C=O) groups excluding carboxylic acids is 2. The number of ether oxygens (including phenoxy) is 1. The number of H-pyrrole nitrogens is 1. The Morgan fingerprint density at radius 3 is 2.75 bits per heavy atom. The van der Waals surface area contributed by atoms with Crippen molar-refractivity contribution >= 4 is 28.5 Å². The number of fused-ring (bicyclic) bond motifs is 1. The molecule has 0 aliphatic heterocycles. The molecule has 1 aromatic heterocycles. The molecule has 0 saturated heterocycles. The van der Waals surface area contributed by atoms with Crippen molar-refractivity contribution in [2.75, 3.05) is 12.4 Å². The van der Waals surface area contributed by atoms with Gasteiger partial charge in [-0.25, -0.2) is 0 Å². The van der Waals surface area contributed by atoms with Crippen molar-refractivity contribution in [1.29, 1.82) is 0 Å². The Bertz CT molecular complexity index is 883. The lowest BCUT2D eigenvalue weighted by molar-refractivity contribution is -0.139. The minimum absolute atomic E-state index is 0.102. The first-order chi connectivity index (χ1) is 11.7. The first-order valence-electron chi connectivity index (χ1n) is 7.66. The fourth-order valence-electron chi connectivity index (χ4n) is 2.65. The minimum atomic E-state index is -0.308. The summed E-state index contributed by atoms with van der Waals surface area (Å²) in [6.07, 6.45) is 2.33. The minimum Gasteiger partial charge on any atom is -0.469 e. The van der Waals surface area contributed by atoms with Crippen LogP contribution in [0, 0.1) is 0 Å². The zero-order valence-electron chi connectivity index (χ0n) is 13.3. The van der Waals surface area contributed by atoms with Crippen LogP contribution in [0.2, 0.25) is 0 Å². The average Bonchev–Trinajstić information content (AvgIpc) is 2.98. The van der Waals surface area contributed by atoms with Crippen LogP contribution in [0.5, 0.6) is 0 Å². The van der Waals surface area contributed by atoms with E-state index in [1.807, 2.05) is 36.5 Å². The van der Waals surface area contributed by atoms with Crippen LogP contribution in [0.25, 0.3) is 10.9 Å². The molecule has 0 fully saturated rings. The maximum Gasteiger partial charge on any atom is 0.309 e. The third-order valence-corrected chi connectivity index (χ3v) is 3.81. The highest BCUT2D eigenvalue weighted by molar-refractivity contribution is 5.95. The summed E-state index contributed by atoms with van der Waals surface area (Å²) in [5.74, 6) is -0.410. The zero-order valence-corrected chi connectivity index (χ0v) is 13.3. The van der Waals surface area contributed by atoms with Crippen molar-refractivity contribution in [3.8, 4) is 0 Å². The third kappa shape index (κ3) is 3.63. The van der Waals surface area contributed by atoms with Gasteiger partial charge in [0.05, 0.1) is 20.0 Å². The van der Waals surface area contributed by atoms with Gasteiger partial charge in [0.1, 0.15) is 0 Å². The van der Waals surface area contributed by atoms with Crippen LogP contribution in [0.3, 0.4) is 0 Å². The van der Waals surface area contributed by atoms with E-state index in [4.69, 9.17) is 0 Å². The number of amides is 1. The molecule has 0 unspecified atom stereocenters. The molecule has 0 aliphatic carbocycles. The van der Waals surface area contributed by atoms with E-state index in [1.165, 1.54) is 7.11 Å². The Balaban J connectivity index is 1.68. The first kappa shape index (κ1) is 15.8. The third-order valence-electron chi connectivity index (χ3n) is 3.81. The molecule has 122 valence electrons. The largest absolute Gasteiger partial charge is 0.469 e. The number of nitrogens with one attached hydrogen (secondary N) is 2.